The van der Waals surface area contributed by atoms with Gasteiger partial charge in [-0.1, -0.05) is 19.8 Å². The number of carbonyl (C=O) groups is 2. The largest absolute Gasteiger partial charge is 0.331 e. The van der Waals surface area contributed by atoms with Gasteiger partial charge in [0.15, 0.2) is 5.78 Å². The first kappa shape index (κ1) is 15.1. The van der Waals surface area contributed by atoms with Crippen LogP contribution in [-0.2, 0) is 4.79 Å². The molecular weight excluding hydrogens is 252 g/mol. The zero-order valence-electron chi connectivity index (χ0n) is 13.1. The number of urea groups is 1. The third-order valence-electron chi connectivity index (χ3n) is 4.67. The van der Waals surface area contributed by atoms with Crippen LogP contribution in [0, 0.1) is 5.92 Å². The van der Waals surface area contributed by atoms with Gasteiger partial charge >= 0.3 is 6.03 Å². The summed E-state index contributed by atoms with van der Waals surface area (Å²) in [7, 11) is 3.60. The molecule has 0 bridgehead atoms. The van der Waals surface area contributed by atoms with Gasteiger partial charge in [-0.15, -0.1) is 0 Å². The smallest absolute Gasteiger partial charge is 0.320 e. The van der Waals surface area contributed by atoms with Crippen LogP contribution in [0.25, 0.3) is 0 Å². The quantitative estimate of drug-likeness (QED) is 0.796. The van der Waals surface area contributed by atoms with Gasteiger partial charge < -0.3 is 9.80 Å². The maximum atomic E-state index is 12.4. The summed E-state index contributed by atoms with van der Waals surface area (Å²) in [6, 6.07) is 0.239. The Morgan fingerprint density at radius 3 is 2.70 bits per heavy atom. The average molecular weight is 278 g/mol. The lowest BCUT2D eigenvalue weighted by Gasteiger charge is -2.36. The fraction of sp³-hybridized carbons (Fsp3) is 0.750. The number of nitrogens with zero attached hydrogens (tertiary/aromatic N) is 2. The van der Waals surface area contributed by atoms with Gasteiger partial charge in [-0.25, -0.2) is 4.79 Å². The Bertz CT molecular complexity index is 440. The van der Waals surface area contributed by atoms with Gasteiger partial charge in [-0.2, -0.15) is 0 Å². The number of ketones is 1. The molecule has 1 saturated heterocycles. The summed E-state index contributed by atoms with van der Waals surface area (Å²) in [5.74, 6) is 0.601. The Kier molecular flexibility index (Phi) is 4.51. The fourth-order valence-corrected chi connectivity index (χ4v) is 3.54. The molecule has 0 radical (unpaired) electrons. The standard InChI is InChI=1S/C16H26N2O2/c1-5-6-7-12-10-14(19)11(2)13-8-9-18(15(12)13)16(20)17(3)4/h12,15H,5-10H2,1-4H3/t12-,15+/m1/s1. The van der Waals surface area contributed by atoms with Crippen LogP contribution in [0.15, 0.2) is 11.1 Å². The summed E-state index contributed by atoms with van der Waals surface area (Å²) in [4.78, 5) is 28.1. The molecule has 112 valence electrons. The first-order valence-corrected chi connectivity index (χ1v) is 7.68. The number of Topliss-reactive ketones (excluding diaryl/α,β-unsaturated/α-hetero) is 1. The van der Waals surface area contributed by atoms with E-state index >= 15 is 0 Å². The van der Waals surface area contributed by atoms with Gasteiger partial charge in [0.25, 0.3) is 0 Å². The Labute approximate surface area is 121 Å². The highest BCUT2D eigenvalue weighted by Gasteiger charge is 2.43. The lowest BCUT2D eigenvalue weighted by atomic mass is 9.77. The van der Waals surface area contributed by atoms with Gasteiger partial charge in [0.1, 0.15) is 0 Å². The lowest BCUT2D eigenvalue weighted by molar-refractivity contribution is -0.117. The summed E-state index contributed by atoms with van der Waals surface area (Å²) >= 11 is 0. The topological polar surface area (TPSA) is 40.6 Å². The van der Waals surface area contributed by atoms with Gasteiger partial charge in [0.2, 0.25) is 0 Å². The lowest BCUT2D eigenvalue weighted by Crippen LogP contribution is -2.47. The van der Waals surface area contributed by atoms with Crippen molar-refractivity contribution in [2.24, 2.45) is 5.92 Å². The first-order chi connectivity index (χ1) is 9.47. The molecule has 0 saturated carbocycles. The molecule has 0 aromatic rings. The minimum Gasteiger partial charge on any atom is -0.331 e. The van der Waals surface area contributed by atoms with Crippen LogP contribution in [0.3, 0.4) is 0 Å². The Balaban J connectivity index is 2.28. The van der Waals surface area contributed by atoms with E-state index in [-0.39, 0.29) is 17.9 Å². The Hall–Kier alpha value is -1.32. The molecule has 2 amide bonds. The molecule has 1 fully saturated rings. The number of fused-ring (bicyclic) bond motifs is 1. The fourth-order valence-electron chi connectivity index (χ4n) is 3.54. The maximum absolute atomic E-state index is 12.4. The monoisotopic (exact) mass is 278 g/mol. The molecule has 0 spiro atoms. The number of carbonyl (C=O) groups excluding carboxylic acids is 2. The molecule has 0 aromatic heterocycles. The zero-order chi connectivity index (χ0) is 14.9. The number of amides is 2. The zero-order valence-corrected chi connectivity index (χ0v) is 13.1. The Morgan fingerprint density at radius 1 is 1.40 bits per heavy atom. The second-order valence-corrected chi connectivity index (χ2v) is 6.25. The van der Waals surface area contributed by atoms with Crippen LogP contribution in [0.2, 0.25) is 0 Å². The minimum absolute atomic E-state index is 0.0775. The SMILES string of the molecule is CCCC[C@@H]1CC(=O)C(C)=C2CCN(C(=O)N(C)C)[C@H]21. The summed E-state index contributed by atoms with van der Waals surface area (Å²) < 4.78 is 0. The molecule has 0 unspecified atom stereocenters. The second-order valence-electron chi connectivity index (χ2n) is 6.25. The van der Waals surface area contributed by atoms with Crippen molar-refractivity contribution in [1.82, 2.24) is 9.80 Å². The average Bonchev–Trinajstić information content (AvgIpc) is 2.85. The molecule has 4 nitrogen and oxygen atoms in total. The van der Waals surface area contributed by atoms with Gasteiger partial charge in [-0.3, -0.25) is 4.79 Å². The van der Waals surface area contributed by atoms with Crippen molar-refractivity contribution in [3.8, 4) is 0 Å². The van der Waals surface area contributed by atoms with Crippen LogP contribution in [0.1, 0.15) is 46.0 Å². The van der Waals surface area contributed by atoms with Gasteiger partial charge in [0.05, 0.1) is 6.04 Å². The van der Waals surface area contributed by atoms with Crippen molar-refractivity contribution < 1.29 is 9.59 Å². The van der Waals surface area contributed by atoms with E-state index in [1.807, 2.05) is 11.8 Å². The van der Waals surface area contributed by atoms with Crippen LogP contribution in [0.4, 0.5) is 4.79 Å². The highest BCUT2D eigenvalue weighted by atomic mass is 16.2. The number of rotatable bonds is 3. The molecular formula is C16H26N2O2. The number of hydrogen-bond donors (Lipinski definition) is 0. The summed E-state index contributed by atoms with van der Waals surface area (Å²) in [5, 5.41) is 0. The molecule has 2 rings (SSSR count). The summed E-state index contributed by atoms with van der Waals surface area (Å²) in [6.07, 6.45) is 4.78. The van der Waals surface area contributed by atoms with Crippen LogP contribution in [0.5, 0.6) is 0 Å². The highest BCUT2D eigenvalue weighted by Crippen LogP contribution is 2.40. The third-order valence-corrected chi connectivity index (χ3v) is 4.67. The molecule has 4 heteroatoms. The molecule has 1 heterocycles. The molecule has 2 aliphatic rings. The maximum Gasteiger partial charge on any atom is 0.320 e. The van der Waals surface area contributed by atoms with E-state index in [9.17, 15) is 9.59 Å². The predicted molar refractivity (Wildman–Crippen MR) is 79.5 cm³/mol. The molecule has 1 aliphatic heterocycles. The second kappa shape index (κ2) is 5.98. The van der Waals surface area contributed by atoms with Crippen molar-refractivity contribution >= 4 is 11.8 Å². The van der Waals surface area contributed by atoms with Gasteiger partial charge in [-0.05, 0) is 36.8 Å². The number of likely N-dealkylation sites (tertiary alicyclic amines) is 1. The highest BCUT2D eigenvalue weighted by molar-refractivity contribution is 5.97. The van der Waals surface area contributed by atoms with E-state index in [1.54, 1.807) is 19.0 Å². The number of allylic oxidation sites excluding steroid dienone is 1. The normalized spacial score (nSPS) is 26.0. The first-order valence-electron chi connectivity index (χ1n) is 7.68. The van der Waals surface area contributed by atoms with Crippen molar-refractivity contribution in [3.05, 3.63) is 11.1 Å². The van der Waals surface area contributed by atoms with E-state index in [2.05, 4.69) is 6.92 Å². The predicted octanol–water partition coefficient (Wildman–Crippen LogP) is 2.84. The molecule has 1 aliphatic carbocycles. The number of hydrogen-bond acceptors (Lipinski definition) is 2. The third kappa shape index (κ3) is 2.60. The number of unbranched alkanes of at least 4 members (excludes halogenated alkanes) is 1. The van der Waals surface area contributed by atoms with Crippen molar-refractivity contribution in [2.45, 2.75) is 52.0 Å². The van der Waals surface area contributed by atoms with Crippen LogP contribution < -0.4 is 0 Å². The van der Waals surface area contributed by atoms with E-state index in [1.165, 1.54) is 5.57 Å². The van der Waals surface area contributed by atoms with E-state index < -0.39 is 0 Å². The summed E-state index contributed by atoms with van der Waals surface area (Å²) in [5.41, 5.74) is 2.13. The van der Waals surface area contributed by atoms with Crippen molar-refractivity contribution in [1.29, 1.82) is 0 Å². The minimum atomic E-state index is 0.0775. The molecule has 20 heavy (non-hydrogen) atoms. The Morgan fingerprint density at radius 2 is 2.10 bits per heavy atom. The van der Waals surface area contributed by atoms with Crippen molar-refractivity contribution in [2.75, 3.05) is 20.6 Å². The van der Waals surface area contributed by atoms with Crippen LogP contribution >= 0.6 is 0 Å². The van der Waals surface area contributed by atoms with E-state index in [0.717, 1.165) is 37.8 Å². The molecule has 0 aromatic carbocycles. The molecule has 2 atom stereocenters. The van der Waals surface area contributed by atoms with E-state index in [0.29, 0.717) is 12.3 Å². The van der Waals surface area contributed by atoms with Crippen LogP contribution in [-0.4, -0.2) is 48.3 Å². The summed E-state index contributed by atoms with van der Waals surface area (Å²) in [6.45, 7) is 4.86. The van der Waals surface area contributed by atoms with Crippen molar-refractivity contribution in [3.63, 3.8) is 0 Å². The molecule has 0 N–H and O–H groups in total. The van der Waals surface area contributed by atoms with Gasteiger partial charge in [0, 0.05) is 27.1 Å². The van der Waals surface area contributed by atoms with E-state index in [4.69, 9.17) is 0 Å².